The third kappa shape index (κ3) is 6.03. The predicted octanol–water partition coefficient (Wildman–Crippen LogP) is 4.72. The Bertz CT molecular complexity index is 388. The van der Waals surface area contributed by atoms with Crippen LogP contribution < -0.4 is 0 Å². The first-order valence-corrected chi connectivity index (χ1v) is 13.2. The van der Waals surface area contributed by atoms with E-state index in [-0.39, 0.29) is 24.0 Å². The molecule has 1 aliphatic carbocycles. The lowest BCUT2D eigenvalue weighted by molar-refractivity contribution is -0.197. The van der Waals surface area contributed by atoms with Gasteiger partial charge in [-0.25, -0.2) is 0 Å². The van der Waals surface area contributed by atoms with Gasteiger partial charge in [0, 0.05) is 25.7 Å². The van der Waals surface area contributed by atoms with Gasteiger partial charge in [0.1, 0.15) is 0 Å². The first-order valence-electron chi connectivity index (χ1n) is 10.3. The highest BCUT2D eigenvalue weighted by molar-refractivity contribution is 6.74. The smallest absolute Gasteiger partial charge is 0.191 e. The third-order valence-electron chi connectivity index (χ3n) is 6.55. The quantitative estimate of drug-likeness (QED) is 0.626. The van der Waals surface area contributed by atoms with Gasteiger partial charge in [-0.2, -0.15) is 0 Å². The maximum absolute atomic E-state index is 9.23. The number of hydrogen-bond donors (Lipinski definition) is 1. The normalized spacial score (nSPS) is 31.4. The monoisotopic (exact) mass is 372 g/mol. The van der Waals surface area contributed by atoms with Crippen LogP contribution in [-0.4, -0.2) is 45.6 Å². The summed E-state index contributed by atoms with van der Waals surface area (Å²) in [6.07, 6.45) is 7.85. The van der Waals surface area contributed by atoms with E-state index >= 15 is 0 Å². The molecule has 1 heterocycles. The zero-order valence-electron chi connectivity index (χ0n) is 17.1. The summed E-state index contributed by atoms with van der Waals surface area (Å²) in [4.78, 5) is 0. The van der Waals surface area contributed by atoms with E-state index < -0.39 is 8.32 Å². The largest absolute Gasteiger partial charge is 0.416 e. The van der Waals surface area contributed by atoms with E-state index in [0.29, 0.717) is 11.8 Å². The van der Waals surface area contributed by atoms with Crippen molar-refractivity contribution >= 4 is 8.32 Å². The van der Waals surface area contributed by atoms with Crippen molar-refractivity contribution < 1.29 is 19.0 Å². The Hall–Kier alpha value is 0.0569. The molecule has 2 aliphatic rings. The second-order valence-corrected chi connectivity index (χ2v) is 14.2. The summed E-state index contributed by atoms with van der Waals surface area (Å²) >= 11 is 0. The average Bonchev–Trinajstić information content (AvgIpc) is 2.92. The minimum Gasteiger partial charge on any atom is -0.416 e. The second-order valence-electron chi connectivity index (χ2n) is 9.41. The molecule has 25 heavy (non-hydrogen) atoms. The molecule has 4 atom stereocenters. The maximum atomic E-state index is 9.23. The van der Waals surface area contributed by atoms with Crippen LogP contribution in [0.1, 0.15) is 65.7 Å². The van der Waals surface area contributed by atoms with Crippen molar-refractivity contribution in [3.8, 4) is 0 Å². The molecule has 1 unspecified atom stereocenters. The molecule has 2 rings (SSSR count). The zero-order valence-corrected chi connectivity index (χ0v) is 18.1. The SMILES string of the molecule is CC(C)(C)[Si](C)(C)OC[C@H]1[C@H](CCCO)CC[C@@H]1OC1CCCCO1. The van der Waals surface area contributed by atoms with Crippen LogP contribution >= 0.6 is 0 Å². The first-order chi connectivity index (χ1) is 11.7. The molecule has 4 nitrogen and oxygen atoms in total. The van der Waals surface area contributed by atoms with E-state index in [2.05, 4.69) is 33.9 Å². The van der Waals surface area contributed by atoms with Crippen LogP contribution in [0.25, 0.3) is 0 Å². The molecule has 0 amide bonds. The second kappa shape index (κ2) is 9.31. The molecular formula is C20H40O4Si. The van der Waals surface area contributed by atoms with E-state index in [0.717, 1.165) is 45.3 Å². The first kappa shape index (κ1) is 21.4. The molecular weight excluding hydrogens is 332 g/mol. The summed E-state index contributed by atoms with van der Waals surface area (Å²) in [5, 5.41) is 9.46. The van der Waals surface area contributed by atoms with Crippen LogP contribution in [0, 0.1) is 11.8 Å². The number of ether oxygens (including phenoxy) is 2. The van der Waals surface area contributed by atoms with Crippen molar-refractivity contribution in [1.82, 2.24) is 0 Å². The van der Waals surface area contributed by atoms with Crippen LogP contribution in [0.15, 0.2) is 0 Å². The number of rotatable bonds is 8. The van der Waals surface area contributed by atoms with Gasteiger partial charge in [0.05, 0.1) is 6.10 Å². The summed E-state index contributed by atoms with van der Waals surface area (Å²) in [7, 11) is -1.75. The summed E-state index contributed by atoms with van der Waals surface area (Å²) in [6.45, 7) is 13.4. The molecule has 0 bridgehead atoms. The van der Waals surface area contributed by atoms with E-state index in [1.165, 1.54) is 12.8 Å². The lowest BCUT2D eigenvalue weighted by atomic mass is 9.91. The minimum atomic E-state index is -1.75. The van der Waals surface area contributed by atoms with Crippen molar-refractivity contribution in [2.75, 3.05) is 19.8 Å². The van der Waals surface area contributed by atoms with Gasteiger partial charge >= 0.3 is 0 Å². The molecule has 0 aromatic carbocycles. The maximum Gasteiger partial charge on any atom is 0.191 e. The Balaban J connectivity index is 1.97. The highest BCUT2D eigenvalue weighted by Crippen LogP contribution is 2.41. The van der Waals surface area contributed by atoms with Gasteiger partial charge in [-0.05, 0) is 69.0 Å². The minimum absolute atomic E-state index is 0.0225. The van der Waals surface area contributed by atoms with Crippen molar-refractivity contribution in [3.05, 3.63) is 0 Å². The fourth-order valence-electron chi connectivity index (χ4n) is 3.77. The van der Waals surface area contributed by atoms with Crippen molar-refractivity contribution in [3.63, 3.8) is 0 Å². The van der Waals surface area contributed by atoms with Crippen molar-refractivity contribution in [2.45, 2.75) is 96.2 Å². The topological polar surface area (TPSA) is 47.9 Å². The van der Waals surface area contributed by atoms with Crippen LogP contribution in [-0.2, 0) is 13.9 Å². The Morgan fingerprint density at radius 1 is 1.12 bits per heavy atom. The zero-order chi connectivity index (χ0) is 18.5. The molecule has 0 radical (unpaired) electrons. The Morgan fingerprint density at radius 2 is 1.88 bits per heavy atom. The van der Waals surface area contributed by atoms with Crippen LogP contribution in [0.2, 0.25) is 18.1 Å². The van der Waals surface area contributed by atoms with Gasteiger partial charge in [-0.15, -0.1) is 0 Å². The molecule has 1 saturated carbocycles. The fourth-order valence-corrected chi connectivity index (χ4v) is 4.81. The van der Waals surface area contributed by atoms with Crippen molar-refractivity contribution in [1.29, 1.82) is 0 Å². The van der Waals surface area contributed by atoms with E-state index in [4.69, 9.17) is 13.9 Å². The Kier molecular flexibility index (Phi) is 7.96. The summed E-state index contributed by atoms with van der Waals surface area (Å²) in [5.41, 5.74) is 0. The van der Waals surface area contributed by atoms with Crippen molar-refractivity contribution in [2.24, 2.45) is 11.8 Å². The van der Waals surface area contributed by atoms with Gasteiger partial charge in [0.15, 0.2) is 14.6 Å². The van der Waals surface area contributed by atoms with E-state index in [1.54, 1.807) is 0 Å². The molecule has 1 N–H and O–H groups in total. The number of hydrogen-bond acceptors (Lipinski definition) is 4. The number of aliphatic hydroxyl groups is 1. The van der Waals surface area contributed by atoms with Gasteiger partial charge in [-0.3, -0.25) is 0 Å². The van der Waals surface area contributed by atoms with E-state index in [1.807, 2.05) is 0 Å². The highest BCUT2D eigenvalue weighted by atomic mass is 28.4. The standard InChI is InChI=1S/C20H40O4Si/c1-20(2,3)25(4,5)23-15-17-16(9-8-13-21)11-12-18(17)24-19-10-6-7-14-22-19/h16-19,21H,6-15H2,1-5H3/t16-,17+,18+,19?/m1/s1. The van der Waals surface area contributed by atoms with Crippen LogP contribution in [0.5, 0.6) is 0 Å². The average molecular weight is 373 g/mol. The molecule has 5 heteroatoms. The predicted molar refractivity (Wildman–Crippen MR) is 104 cm³/mol. The molecule has 0 aromatic heterocycles. The molecule has 1 saturated heterocycles. The molecule has 0 spiro atoms. The molecule has 1 aliphatic heterocycles. The molecule has 2 fully saturated rings. The summed E-state index contributed by atoms with van der Waals surface area (Å²) in [6, 6.07) is 0. The lowest BCUT2D eigenvalue weighted by Crippen LogP contribution is -2.44. The van der Waals surface area contributed by atoms with Gasteiger partial charge in [0.2, 0.25) is 0 Å². The third-order valence-corrected chi connectivity index (χ3v) is 11.0. The molecule has 148 valence electrons. The molecule has 0 aromatic rings. The highest BCUT2D eigenvalue weighted by Gasteiger charge is 2.42. The van der Waals surface area contributed by atoms with Crippen LogP contribution in [0.3, 0.4) is 0 Å². The van der Waals surface area contributed by atoms with Gasteiger partial charge in [-0.1, -0.05) is 20.8 Å². The Morgan fingerprint density at radius 3 is 2.48 bits per heavy atom. The van der Waals surface area contributed by atoms with E-state index in [9.17, 15) is 5.11 Å². The van der Waals surface area contributed by atoms with Gasteiger partial charge < -0.3 is 19.0 Å². The fraction of sp³-hybridized carbons (Fsp3) is 1.00. The Labute approximate surface area is 155 Å². The van der Waals surface area contributed by atoms with Gasteiger partial charge in [0.25, 0.3) is 0 Å². The summed E-state index contributed by atoms with van der Waals surface area (Å²) < 4.78 is 18.7. The summed E-state index contributed by atoms with van der Waals surface area (Å²) in [5.74, 6) is 1.04. The van der Waals surface area contributed by atoms with Crippen LogP contribution in [0.4, 0.5) is 0 Å². The number of aliphatic hydroxyl groups excluding tert-OH is 1. The lowest BCUT2D eigenvalue weighted by Gasteiger charge is -2.38.